The van der Waals surface area contributed by atoms with E-state index in [1.54, 1.807) is 0 Å². The van der Waals surface area contributed by atoms with Gasteiger partial charge in [0.1, 0.15) is 5.82 Å². The lowest BCUT2D eigenvalue weighted by Gasteiger charge is -2.17. The van der Waals surface area contributed by atoms with Gasteiger partial charge in [0.25, 0.3) is 0 Å². The van der Waals surface area contributed by atoms with Gasteiger partial charge in [-0.05, 0) is 47.6 Å². The van der Waals surface area contributed by atoms with Crippen molar-refractivity contribution in [1.82, 2.24) is 4.90 Å². The highest BCUT2D eigenvalue weighted by atomic mass is 35.5. The molecule has 3 aromatic rings. The van der Waals surface area contributed by atoms with Crippen molar-refractivity contribution in [3.8, 4) is 0 Å². The van der Waals surface area contributed by atoms with Crippen molar-refractivity contribution in [2.24, 2.45) is 0 Å². The quantitative estimate of drug-likeness (QED) is 0.718. The Morgan fingerprint density at radius 2 is 1.84 bits per heavy atom. The first-order valence-electron chi connectivity index (χ1n) is 7.92. The number of fused-ring (bicyclic) bond motifs is 1. The third-order valence-corrected chi connectivity index (χ3v) is 4.20. The summed E-state index contributed by atoms with van der Waals surface area (Å²) in [4.78, 5) is 14.1. The Morgan fingerprint density at radius 1 is 1.08 bits per heavy atom. The summed E-state index contributed by atoms with van der Waals surface area (Å²) in [5, 5.41) is 5.26. The van der Waals surface area contributed by atoms with Crippen LogP contribution < -0.4 is 5.32 Å². The van der Waals surface area contributed by atoms with Gasteiger partial charge in [-0.15, -0.1) is 0 Å². The number of carbonyl (C=O) groups excluding carboxylic acids is 1. The Morgan fingerprint density at radius 3 is 2.60 bits per heavy atom. The second kappa shape index (κ2) is 7.64. The first-order valence-corrected chi connectivity index (χ1v) is 8.30. The smallest absolute Gasteiger partial charge is 0.238 e. The molecule has 0 fully saturated rings. The van der Waals surface area contributed by atoms with Crippen LogP contribution in [-0.2, 0) is 11.3 Å². The lowest BCUT2D eigenvalue weighted by Crippen LogP contribution is -2.29. The van der Waals surface area contributed by atoms with E-state index in [-0.39, 0.29) is 17.5 Å². The molecule has 0 saturated heterocycles. The molecule has 0 atom stereocenters. The number of amides is 1. The number of hydrogen-bond acceptors (Lipinski definition) is 2. The van der Waals surface area contributed by atoms with E-state index >= 15 is 0 Å². The van der Waals surface area contributed by atoms with Crippen LogP contribution in [0.15, 0.2) is 60.7 Å². The van der Waals surface area contributed by atoms with Gasteiger partial charge >= 0.3 is 0 Å². The number of hydrogen-bond donors (Lipinski definition) is 1. The van der Waals surface area contributed by atoms with Crippen LogP contribution in [0.5, 0.6) is 0 Å². The molecule has 0 aliphatic carbocycles. The molecule has 0 unspecified atom stereocenters. The monoisotopic (exact) mass is 356 g/mol. The summed E-state index contributed by atoms with van der Waals surface area (Å²) in [6.07, 6.45) is 0. The average molecular weight is 357 g/mol. The zero-order valence-corrected chi connectivity index (χ0v) is 14.6. The molecule has 0 radical (unpaired) electrons. The van der Waals surface area contributed by atoms with Gasteiger partial charge < -0.3 is 5.32 Å². The Hall–Kier alpha value is -2.43. The van der Waals surface area contributed by atoms with Crippen LogP contribution in [-0.4, -0.2) is 24.4 Å². The van der Waals surface area contributed by atoms with Gasteiger partial charge in [-0.2, -0.15) is 0 Å². The summed E-state index contributed by atoms with van der Waals surface area (Å²) < 4.78 is 13.0. The molecule has 1 amide bonds. The van der Waals surface area contributed by atoms with Crippen molar-refractivity contribution in [3.05, 3.63) is 77.1 Å². The number of likely N-dealkylation sites (N-methyl/N-ethyl adjacent to an activating group) is 1. The number of anilines is 1. The summed E-state index contributed by atoms with van der Waals surface area (Å²) >= 11 is 5.93. The predicted molar refractivity (Wildman–Crippen MR) is 100 cm³/mol. The Kier molecular flexibility index (Phi) is 5.31. The number of nitrogens with zero attached hydrogens (tertiary/aromatic N) is 1. The topological polar surface area (TPSA) is 32.3 Å². The van der Waals surface area contributed by atoms with Crippen molar-refractivity contribution in [2.45, 2.75) is 6.54 Å². The highest BCUT2D eigenvalue weighted by molar-refractivity contribution is 6.33. The van der Waals surface area contributed by atoms with Gasteiger partial charge in [0.2, 0.25) is 5.91 Å². The third kappa shape index (κ3) is 4.56. The molecule has 5 heteroatoms. The van der Waals surface area contributed by atoms with E-state index in [0.717, 1.165) is 5.56 Å². The lowest BCUT2D eigenvalue weighted by molar-refractivity contribution is -0.117. The zero-order chi connectivity index (χ0) is 17.8. The van der Waals surface area contributed by atoms with Gasteiger partial charge in [-0.1, -0.05) is 48.0 Å². The third-order valence-electron chi connectivity index (χ3n) is 3.89. The molecule has 1 N–H and O–H groups in total. The number of nitrogens with one attached hydrogen (secondary N) is 1. The fraction of sp³-hybridized carbons (Fsp3) is 0.150. The fourth-order valence-corrected chi connectivity index (χ4v) is 2.94. The van der Waals surface area contributed by atoms with Crippen molar-refractivity contribution in [1.29, 1.82) is 0 Å². The molecule has 3 rings (SSSR count). The largest absolute Gasteiger partial charge is 0.324 e. The molecule has 0 aromatic heterocycles. The lowest BCUT2D eigenvalue weighted by atomic mass is 10.1. The molecule has 0 heterocycles. The van der Waals surface area contributed by atoms with Crippen molar-refractivity contribution in [2.75, 3.05) is 18.9 Å². The van der Waals surface area contributed by atoms with Crippen LogP contribution in [0, 0.1) is 5.82 Å². The second-order valence-corrected chi connectivity index (χ2v) is 6.43. The van der Waals surface area contributed by atoms with E-state index in [2.05, 4.69) is 35.6 Å². The summed E-state index contributed by atoms with van der Waals surface area (Å²) in [6, 6.07) is 18.3. The Bertz CT molecular complexity index is 913. The Labute approximate surface area is 151 Å². The average Bonchev–Trinajstić information content (AvgIpc) is 2.57. The summed E-state index contributed by atoms with van der Waals surface area (Å²) in [5.41, 5.74) is 1.54. The van der Waals surface area contributed by atoms with E-state index in [4.69, 9.17) is 11.6 Å². The molecule has 0 saturated carbocycles. The second-order valence-electron chi connectivity index (χ2n) is 6.03. The van der Waals surface area contributed by atoms with Crippen LogP contribution in [0.4, 0.5) is 10.1 Å². The molecule has 3 nitrogen and oxygen atoms in total. The normalized spacial score (nSPS) is 11.0. The van der Waals surface area contributed by atoms with Gasteiger partial charge in [0.05, 0.1) is 17.3 Å². The first kappa shape index (κ1) is 17.4. The summed E-state index contributed by atoms with van der Waals surface area (Å²) in [7, 11) is 1.88. The SMILES string of the molecule is CN(CC(=O)Nc1ccc(F)cc1Cl)Cc1ccc2ccccc2c1. The highest BCUT2D eigenvalue weighted by Gasteiger charge is 2.10. The Balaban J connectivity index is 1.60. The minimum absolute atomic E-state index is 0.186. The standard InChI is InChI=1S/C20H18ClFN2O/c1-24(12-14-6-7-15-4-2-3-5-16(15)10-14)13-20(25)23-19-9-8-17(22)11-18(19)21/h2-11H,12-13H2,1H3,(H,23,25). The van der Waals surface area contributed by atoms with Gasteiger partial charge in [0, 0.05) is 6.54 Å². The van der Waals surface area contributed by atoms with Crippen LogP contribution in [0.2, 0.25) is 5.02 Å². The maximum Gasteiger partial charge on any atom is 0.238 e. The number of carbonyl (C=O) groups is 1. The van der Waals surface area contributed by atoms with E-state index in [0.29, 0.717) is 12.2 Å². The fourth-order valence-electron chi connectivity index (χ4n) is 2.73. The molecule has 0 aliphatic rings. The van der Waals surface area contributed by atoms with Crippen LogP contribution in [0.3, 0.4) is 0 Å². The first-order chi connectivity index (χ1) is 12.0. The van der Waals surface area contributed by atoms with Crippen LogP contribution in [0.25, 0.3) is 10.8 Å². The van der Waals surface area contributed by atoms with E-state index in [1.165, 1.54) is 29.0 Å². The molecular formula is C20H18ClFN2O. The molecule has 3 aromatic carbocycles. The van der Waals surface area contributed by atoms with Gasteiger partial charge in [0.15, 0.2) is 0 Å². The maximum atomic E-state index is 13.0. The summed E-state index contributed by atoms with van der Waals surface area (Å²) in [6.45, 7) is 0.857. The maximum absolute atomic E-state index is 13.0. The van der Waals surface area contributed by atoms with Crippen LogP contribution >= 0.6 is 11.6 Å². The number of benzene rings is 3. The minimum atomic E-state index is -0.434. The van der Waals surface area contributed by atoms with E-state index < -0.39 is 5.82 Å². The minimum Gasteiger partial charge on any atom is -0.324 e. The molecule has 0 bridgehead atoms. The highest BCUT2D eigenvalue weighted by Crippen LogP contribution is 2.22. The number of halogens is 2. The zero-order valence-electron chi connectivity index (χ0n) is 13.8. The van der Waals surface area contributed by atoms with E-state index in [1.807, 2.05) is 24.1 Å². The molecule has 128 valence electrons. The predicted octanol–water partition coefficient (Wildman–Crippen LogP) is 4.70. The van der Waals surface area contributed by atoms with Crippen molar-refractivity contribution < 1.29 is 9.18 Å². The van der Waals surface area contributed by atoms with Crippen LogP contribution in [0.1, 0.15) is 5.56 Å². The molecule has 25 heavy (non-hydrogen) atoms. The van der Waals surface area contributed by atoms with E-state index in [9.17, 15) is 9.18 Å². The summed E-state index contributed by atoms with van der Waals surface area (Å²) in [5.74, 6) is -0.631. The van der Waals surface area contributed by atoms with Crippen molar-refractivity contribution >= 4 is 34.0 Å². The van der Waals surface area contributed by atoms with Gasteiger partial charge in [-0.25, -0.2) is 4.39 Å². The van der Waals surface area contributed by atoms with Gasteiger partial charge in [-0.3, -0.25) is 9.69 Å². The van der Waals surface area contributed by atoms with Crippen molar-refractivity contribution in [3.63, 3.8) is 0 Å². The molecule has 0 aliphatic heterocycles. The molecule has 0 spiro atoms. The molecular weight excluding hydrogens is 339 g/mol. The number of rotatable bonds is 5.